The van der Waals surface area contributed by atoms with Crippen molar-refractivity contribution >= 4 is 19.1 Å². The van der Waals surface area contributed by atoms with E-state index in [0.717, 1.165) is 41.9 Å². The first kappa shape index (κ1) is 17.5. The summed E-state index contributed by atoms with van der Waals surface area (Å²) in [5, 5.41) is 8.89. The number of rotatable bonds is 7. The molecule has 7 heteroatoms. The summed E-state index contributed by atoms with van der Waals surface area (Å²) in [7, 11) is -1.06. The normalized spacial score (nSPS) is 15.5. The molecule has 0 bridgehead atoms. The lowest BCUT2D eigenvalue weighted by atomic mass is 10.1. The van der Waals surface area contributed by atoms with Gasteiger partial charge in [-0.1, -0.05) is 19.6 Å². The summed E-state index contributed by atoms with van der Waals surface area (Å²) in [5.74, 6) is 0. The van der Waals surface area contributed by atoms with Gasteiger partial charge >= 0.3 is 0 Å². The predicted octanol–water partition coefficient (Wildman–Crippen LogP) is 3.20. The third kappa shape index (κ3) is 3.60. The maximum absolute atomic E-state index is 5.90. The van der Waals surface area contributed by atoms with E-state index in [-0.39, 0.29) is 0 Å². The first-order valence-corrected chi connectivity index (χ1v) is 12.8. The fourth-order valence-electron chi connectivity index (χ4n) is 3.02. The summed E-state index contributed by atoms with van der Waals surface area (Å²) >= 11 is 0. The SMILES string of the molecule is C[Si](C)(C)CCOCn1ccc2c(-c3cnn([C]4CNC4)c3)ccnc21. The molecule has 3 aromatic heterocycles. The molecule has 1 fully saturated rings. The van der Waals surface area contributed by atoms with Gasteiger partial charge in [-0.15, -0.1) is 0 Å². The largest absolute Gasteiger partial charge is 0.361 e. The standard InChI is InChI=1S/C19H26N5OSi/c1-26(2,3)9-8-25-14-23-7-5-18-17(4-6-21-19(18)23)15-10-22-24(13-15)16-11-20-12-16/h4-7,10,13,20H,8-9,11-12,14H2,1-3H3. The average Bonchev–Trinajstić information content (AvgIpc) is 3.16. The van der Waals surface area contributed by atoms with Crippen LogP contribution in [0.15, 0.2) is 36.9 Å². The van der Waals surface area contributed by atoms with Gasteiger partial charge in [0, 0.05) is 57.3 Å². The first-order chi connectivity index (χ1) is 12.5. The minimum Gasteiger partial charge on any atom is -0.361 e. The monoisotopic (exact) mass is 368 g/mol. The van der Waals surface area contributed by atoms with Crippen molar-refractivity contribution in [2.45, 2.75) is 32.4 Å². The molecule has 4 rings (SSSR count). The molecule has 0 atom stereocenters. The van der Waals surface area contributed by atoms with E-state index in [1.54, 1.807) is 0 Å². The maximum Gasteiger partial charge on any atom is 0.142 e. The third-order valence-electron chi connectivity index (χ3n) is 4.76. The van der Waals surface area contributed by atoms with Crippen LogP contribution in [-0.2, 0) is 11.5 Å². The highest BCUT2D eigenvalue weighted by atomic mass is 28.3. The van der Waals surface area contributed by atoms with Crippen LogP contribution in [0.2, 0.25) is 25.7 Å². The third-order valence-corrected chi connectivity index (χ3v) is 6.47. The summed E-state index contributed by atoms with van der Waals surface area (Å²) in [5.41, 5.74) is 3.24. The Kier molecular flexibility index (Phi) is 4.68. The molecule has 0 amide bonds. The second kappa shape index (κ2) is 6.98. The van der Waals surface area contributed by atoms with Crippen LogP contribution < -0.4 is 5.32 Å². The molecule has 6 nitrogen and oxygen atoms in total. The number of hydrogen-bond donors (Lipinski definition) is 1. The van der Waals surface area contributed by atoms with E-state index < -0.39 is 8.07 Å². The molecule has 0 aliphatic carbocycles. The number of fused-ring (bicyclic) bond motifs is 1. The molecule has 1 aliphatic heterocycles. The fraction of sp³-hybridized carbons (Fsp3) is 0.421. The van der Waals surface area contributed by atoms with Crippen LogP contribution in [0.1, 0.15) is 0 Å². The van der Waals surface area contributed by atoms with Crippen molar-refractivity contribution in [3.8, 4) is 11.1 Å². The molecule has 0 aromatic carbocycles. The zero-order valence-electron chi connectivity index (χ0n) is 15.7. The highest BCUT2D eigenvalue weighted by Gasteiger charge is 2.21. The van der Waals surface area contributed by atoms with E-state index in [9.17, 15) is 0 Å². The van der Waals surface area contributed by atoms with Crippen LogP contribution in [0.5, 0.6) is 0 Å². The highest BCUT2D eigenvalue weighted by Crippen LogP contribution is 2.28. The number of nitrogens with one attached hydrogen (secondary N) is 1. The van der Waals surface area contributed by atoms with Gasteiger partial charge in [0.1, 0.15) is 18.4 Å². The number of aromatic nitrogens is 4. The Balaban J connectivity index is 1.52. The van der Waals surface area contributed by atoms with Crippen molar-refractivity contribution in [3.63, 3.8) is 0 Å². The van der Waals surface area contributed by atoms with E-state index >= 15 is 0 Å². The fourth-order valence-corrected chi connectivity index (χ4v) is 3.78. The maximum atomic E-state index is 5.90. The Morgan fingerprint density at radius 1 is 1.23 bits per heavy atom. The average molecular weight is 369 g/mol. The number of hydrogen-bond acceptors (Lipinski definition) is 4. The minimum absolute atomic E-state index is 0.549. The predicted molar refractivity (Wildman–Crippen MR) is 107 cm³/mol. The molecule has 1 aliphatic rings. The summed E-state index contributed by atoms with van der Waals surface area (Å²) < 4.78 is 9.96. The van der Waals surface area contributed by atoms with Crippen LogP contribution in [0.4, 0.5) is 0 Å². The minimum atomic E-state index is -1.06. The van der Waals surface area contributed by atoms with E-state index in [2.05, 4.69) is 64.1 Å². The van der Waals surface area contributed by atoms with Crippen LogP contribution in [0.25, 0.3) is 22.2 Å². The van der Waals surface area contributed by atoms with Gasteiger partial charge in [-0.05, 0) is 23.7 Å². The molecule has 0 unspecified atom stereocenters. The van der Waals surface area contributed by atoms with E-state index in [1.165, 1.54) is 12.1 Å². The van der Waals surface area contributed by atoms with Gasteiger partial charge < -0.3 is 14.6 Å². The molecule has 0 saturated carbocycles. The van der Waals surface area contributed by atoms with E-state index in [1.807, 2.05) is 17.1 Å². The van der Waals surface area contributed by atoms with Crippen molar-refractivity contribution < 1.29 is 4.74 Å². The molecule has 1 radical (unpaired) electrons. The zero-order valence-corrected chi connectivity index (χ0v) is 16.7. The summed E-state index contributed by atoms with van der Waals surface area (Å²) in [6, 6.07) is 6.66. The smallest absolute Gasteiger partial charge is 0.142 e. The van der Waals surface area contributed by atoms with Crippen LogP contribution >= 0.6 is 0 Å². The molecule has 26 heavy (non-hydrogen) atoms. The van der Waals surface area contributed by atoms with Gasteiger partial charge in [0.15, 0.2) is 0 Å². The number of nitrogens with zero attached hydrogens (tertiary/aromatic N) is 4. The molecule has 137 valence electrons. The second-order valence-electron chi connectivity index (χ2n) is 8.07. The van der Waals surface area contributed by atoms with Crippen molar-refractivity contribution in [1.82, 2.24) is 24.6 Å². The van der Waals surface area contributed by atoms with Gasteiger partial charge in [0.2, 0.25) is 0 Å². The van der Waals surface area contributed by atoms with E-state index in [4.69, 9.17) is 4.74 Å². The number of pyridine rings is 1. The Hall–Kier alpha value is -1.96. The Labute approximate surface area is 155 Å². The molecule has 0 spiro atoms. The highest BCUT2D eigenvalue weighted by molar-refractivity contribution is 6.76. The Morgan fingerprint density at radius 2 is 2.08 bits per heavy atom. The van der Waals surface area contributed by atoms with Gasteiger partial charge in [0.25, 0.3) is 0 Å². The van der Waals surface area contributed by atoms with E-state index in [0.29, 0.717) is 6.73 Å². The first-order valence-electron chi connectivity index (χ1n) is 9.14. The zero-order chi connectivity index (χ0) is 18.1. The molecule has 1 N–H and O–H groups in total. The van der Waals surface area contributed by atoms with Gasteiger partial charge in [-0.3, -0.25) is 4.68 Å². The molecular weight excluding hydrogens is 342 g/mol. The van der Waals surface area contributed by atoms with Crippen LogP contribution in [0, 0.1) is 6.04 Å². The summed E-state index contributed by atoms with van der Waals surface area (Å²) in [6.07, 6.45) is 7.96. The lowest BCUT2D eigenvalue weighted by Crippen LogP contribution is -2.44. The topological polar surface area (TPSA) is 56.9 Å². The van der Waals surface area contributed by atoms with Gasteiger partial charge in [-0.25, -0.2) is 4.98 Å². The molecule has 3 aromatic rings. The summed E-state index contributed by atoms with van der Waals surface area (Å²) in [6.45, 7) is 10.3. The van der Waals surface area contributed by atoms with Crippen molar-refractivity contribution in [2.24, 2.45) is 0 Å². The van der Waals surface area contributed by atoms with Crippen molar-refractivity contribution in [2.75, 3.05) is 19.7 Å². The Bertz CT molecular complexity index is 891. The number of ether oxygens (including phenoxy) is 1. The Morgan fingerprint density at radius 3 is 2.81 bits per heavy atom. The van der Waals surface area contributed by atoms with Crippen LogP contribution in [-0.4, -0.2) is 47.1 Å². The van der Waals surface area contributed by atoms with Crippen molar-refractivity contribution in [1.29, 1.82) is 0 Å². The van der Waals surface area contributed by atoms with Gasteiger partial charge in [0.05, 0.1) is 6.20 Å². The molecule has 1 saturated heterocycles. The van der Waals surface area contributed by atoms with Crippen LogP contribution in [0.3, 0.4) is 0 Å². The molecule has 4 heterocycles. The quantitative estimate of drug-likeness (QED) is 0.514. The van der Waals surface area contributed by atoms with Crippen molar-refractivity contribution in [3.05, 3.63) is 43.0 Å². The molecular formula is C19H26N5OSi. The lowest BCUT2D eigenvalue weighted by Gasteiger charge is -2.25. The van der Waals surface area contributed by atoms with Gasteiger partial charge in [-0.2, -0.15) is 5.10 Å². The summed E-state index contributed by atoms with van der Waals surface area (Å²) in [4.78, 5) is 4.57. The second-order valence-corrected chi connectivity index (χ2v) is 13.7. The lowest BCUT2D eigenvalue weighted by molar-refractivity contribution is 0.0899.